The number of rotatable bonds is 4. The second-order valence-corrected chi connectivity index (χ2v) is 7.83. The Morgan fingerprint density at radius 2 is 2.04 bits per heavy atom. The van der Waals surface area contributed by atoms with E-state index in [1.165, 1.54) is 19.4 Å². The topological polar surface area (TPSA) is 43.8 Å². The molecule has 1 atom stereocenters. The fourth-order valence-electron chi connectivity index (χ4n) is 3.74. The molecule has 1 saturated heterocycles. The SMILES string of the molecule is Cc1cccc(C(=O)N2CCCN(CC3CC3)[C@@H](C(C)C)C2)c1O. The molecule has 24 heavy (non-hydrogen) atoms. The van der Waals surface area contributed by atoms with Crippen LogP contribution in [0.3, 0.4) is 0 Å². The van der Waals surface area contributed by atoms with Gasteiger partial charge in [0.25, 0.3) is 5.91 Å². The van der Waals surface area contributed by atoms with E-state index in [-0.39, 0.29) is 11.7 Å². The van der Waals surface area contributed by atoms with Gasteiger partial charge in [0.05, 0.1) is 5.56 Å². The summed E-state index contributed by atoms with van der Waals surface area (Å²) >= 11 is 0. The lowest BCUT2D eigenvalue weighted by Gasteiger charge is -2.34. The second kappa shape index (κ2) is 7.14. The van der Waals surface area contributed by atoms with Gasteiger partial charge in [0, 0.05) is 32.2 Å². The summed E-state index contributed by atoms with van der Waals surface area (Å²) in [5, 5.41) is 10.3. The molecule has 0 radical (unpaired) electrons. The Hall–Kier alpha value is -1.55. The van der Waals surface area contributed by atoms with Gasteiger partial charge in [0.1, 0.15) is 5.75 Å². The Balaban J connectivity index is 1.77. The average molecular weight is 330 g/mol. The third-order valence-electron chi connectivity index (χ3n) is 5.46. The monoisotopic (exact) mass is 330 g/mol. The van der Waals surface area contributed by atoms with Crippen molar-refractivity contribution in [1.29, 1.82) is 0 Å². The van der Waals surface area contributed by atoms with Crippen LogP contribution in [0.25, 0.3) is 0 Å². The maximum atomic E-state index is 13.0. The summed E-state index contributed by atoms with van der Waals surface area (Å²) < 4.78 is 0. The number of aromatic hydroxyl groups is 1. The molecule has 1 aliphatic heterocycles. The molecule has 1 heterocycles. The number of amides is 1. The molecule has 3 rings (SSSR count). The van der Waals surface area contributed by atoms with Crippen molar-refractivity contribution in [1.82, 2.24) is 9.80 Å². The van der Waals surface area contributed by atoms with Gasteiger partial charge < -0.3 is 10.0 Å². The van der Waals surface area contributed by atoms with Crippen LogP contribution in [0, 0.1) is 18.8 Å². The Labute approximate surface area is 145 Å². The van der Waals surface area contributed by atoms with Crippen LogP contribution in [0.4, 0.5) is 0 Å². The van der Waals surface area contributed by atoms with Crippen molar-refractivity contribution < 1.29 is 9.90 Å². The summed E-state index contributed by atoms with van der Waals surface area (Å²) in [5.74, 6) is 1.48. The van der Waals surface area contributed by atoms with E-state index < -0.39 is 0 Å². The number of carbonyl (C=O) groups is 1. The highest BCUT2D eigenvalue weighted by Crippen LogP contribution is 2.32. The summed E-state index contributed by atoms with van der Waals surface area (Å²) in [6, 6.07) is 5.83. The molecule has 0 spiro atoms. The molecule has 132 valence electrons. The molecule has 1 saturated carbocycles. The van der Waals surface area contributed by atoms with Crippen LogP contribution in [0.1, 0.15) is 49.0 Å². The molecule has 4 nitrogen and oxygen atoms in total. The maximum Gasteiger partial charge on any atom is 0.257 e. The lowest BCUT2D eigenvalue weighted by Crippen LogP contribution is -2.46. The summed E-state index contributed by atoms with van der Waals surface area (Å²) in [5.41, 5.74) is 1.19. The largest absolute Gasteiger partial charge is 0.507 e. The third kappa shape index (κ3) is 3.75. The number of hydrogen-bond acceptors (Lipinski definition) is 3. The minimum atomic E-state index is -0.0323. The predicted molar refractivity (Wildman–Crippen MR) is 96.3 cm³/mol. The van der Waals surface area contributed by atoms with E-state index >= 15 is 0 Å². The van der Waals surface area contributed by atoms with E-state index in [2.05, 4.69) is 18.7 Å². The zero-order valence-corrected chi connectivity index (χ0v) is 15.2. The van der Waals surface area contributed by atoms with E-state index in [0.717, 1.165) is 37.5 Å². The van der Waals surface area contributed by atoms with Crippen LogP contribution in [0.5, 0.6) is 5.75 Å². The molecule has 1 aromatic rings. The average Bonchev–Trinajstić information content (AvgIpc) is 3.37. The molecular weight excluding hydrogens is 300 g/mol. The number of carbonyl (C=O) groups excluding carboxylic acids is 1. The van der Waals surface area contributed by atoms with E-state index in [1.807, 2.05) is 24.0 Å². The first-order valence-electron chi connectivity index (χ1n) is 9.29. The number of aryl methyl sites for hydroxylation is 1. The van der Waals surface area contributed by atoms with E-state index in [9.17, 15) is 9.90 Å². The maximum absolute atomic E-state index is 13.0. The molecule has 1 N–H and O–H groups in total. The van der Waals surface area contributed by atoms with Crippen molar-refractivity contribution >= 4 is 5.91 Å². The first-order valence-corrected chi connectivity index (χ1v) is 9.29. The molecule has 1 aromatic carbocycles. The Morgan fingerprint density at radius 3 is 2.71 bits per heavy atom. The molecule has 1 amide bonds. The lowest BCUT2D eigenvalue weighted by molar-refractivity contribution is 0.0701. The Bertz CT molecular complexity index is 595. The minimum Gasteiger partial charge on any atom is -0.507 e. The van der Waals surface area contributed by atoms with E-state index in [0.29, 0.717) is 17.5 Å². The van der Waals surface area contributed by atoms with Crippen LogP contribution in [0.15, 0.2) is 18.2 Å². The van der Waals surface area contributed by atoms with Gasteiger partial charge in [-0.15, -0.1) is 0 Å². The molecule has 2 aliphatic rings. The molecule has 0 bridgehead atoms. The summed E-state index contributed by atoms with van der Waals surface area (Å²) in [6.07, 6.45) is 3.73. The normalized spacial score (nSPS) is 22.7. The van der Waals surface area contributed by atoms with Crippen molar-refractivity contribution in [3.63, 3.8) is 0 Å². The zero-order valence-electron chi connectivity index (χ0n) is 15.2. The molecule has 0 aromatic heterocycles. The van der Waals surface area contributed by atoms with Gasteiger partial charge >= 0.3 is 0 Å². The van der Waals surface area contributed by atoms with Crippen LogP contribution in [-0.4, -0.2) is 53.0 Å². The number of phenols is 1. The van der Waals surface area contributed by atoms with Crippen molar-refractivity contribution in [3.05, 3.63) is 29.3 Å². The summed E-state index contributed by atoms with van der Waals surface area (Å²) in [4.78, 5) is 17.5. The Kier molecular flexibility index (Phi) is 5.14. The van der Waals surface area contributed by atoms with Crippen molar-refractivity contribution in [2.45, 2.75) is 46.1 Å². The number of phenolic OH excluding ortho intramolecular Hbond substituents is 1. The highest BCUT2D eigenvalue weighted by atomic mass is 16.3. The number of nitrogens with zero attached hydrogens (tertiary/aromatic N) is 2. The highest BCUT2D eigenvalue weighted by molar-refractivity contribution is 5.97. The molecular formula is C20H30N2O2. The molecule has 1 aliphatic carbocycles. The quantitative estimate of drug-likeness (QED) is 0.921. The second-order valence-electron chi connectivity index (χ2n) is 7.83. The number of hydrogen-bond donors (Lipinski definition) is 1. The lowest BCUT2D eigenvalue weighted by atomic mass is 10.0. The van der Waals surface area contributed by atoms with E-state index in [1.54, 1.807) is 6.07 Å². The fraction of sp³-hybridized carbons (Fsp3) is 0.650. The van der Waals surface area contributed by atoms with Gasteiger partial charge in [0.15, 0.2) is 0 Å². The first-order chi connectivity index (χ1) is 11.5. The standard InChI is InChI=1S/C20H30N2O2/c1-14(2)18-13-22(11-5-10-21(18)12-16-8-9-16)20(24)17-7-4-6-15(3)19(17)23/h4,6-7,14,16,18,23H,5,8-13H2,1-3H3/t18-/m1/s1. The van der Waals surface area contributed by atoms with Crippen molar-refractivity contribution in [2.75, 3.05) is 26.2 Å². The molecule has 2 fully saturated rings. The molecule has 0 unspecified atom stereocenters. The fourth-order valence-corrected chi connectivity index (χ4v) is 3.74. The van der Waals surface area contributed by atoms with Gasteiger partial charge in [-0.2, -0.15) is 0 Å². The first kappa shape index (κ1) is 17.3. The van der Waals surface area contributed by atoms with Gasteiger partial charge in [-0.3, -0.25) is 9.69 Å². The highest BCUT2D eigenvalue weighted by Gasteiger charge is 2.33. The van der Waals surface area contributed by atoms with Crippen molar-refractivity contribution in [2.24, 2.45) is 11.8 Å². The zero-order chi connectivity index (χ0) is 17.3. The third-order valence-corrected chi connectivity index (χ3v) is 5.46. The number of para-hydroxylation sites is 1. The summed E-state index contributed by atoms with van der Waals surface area (Å²) in [6.45, 7) is 10.1. The van der Waals surface area contributed by atoms with Gasteiger partial charge in [-0.05, 0) is 49.7 Å². The van der Waals surface area contributed by atoms with Crippen LogP contribution in [0.2, 0.25) is 0 Å². The van der Waals surface area contributed by atoms with E-state index in [4.69, 9.17) is 0 Å². The Morgan fingerprint density at radius 1 is 1.29 bits per heavy atom. The molecule has 4 heteroatoms. The van der Waals surface area contributed by atoms with Gasteiger partial charge in [0.2, 0.25) is 0 Å². The minimum absolute atomic E-state index is 0.0323. The smallest absolute Gasteiger partial charge is 0.257 e. The van der Waals surface area contributed by atoms with Crippen molar-refractivity contribution in [3.8, 4) is 5.75 Å². The van der Waals surface area contributed by atoms with Crippen LogP contribution >= 0.6 is 0 Å². The number of benzene rings is 1. The summed E-state index contributed by atoms with van der Waals surface area (Å²) in [7, 11) is 0. The predicted octanol–water partition coefficient (Wildman–Crippen LogP) is 3.28. The van der Waals surface area contributed by atoms with Crippen LogP contribution in [-0.2, 0) is 0 Å². The van der Waals surface area contributed by atoms with Gasteiger partial charge in [-0.25, -0.2) is 0 Å². The van der Waals surface area contributed by atoms with Crippen LogP contribution < -0.4 is 0 Å². The van der Waals surface area contributed by atoms with Gasteiger partial charge in [-0.1, -0.05) is 26.0 Å².